The molecule has 1 aliphatic heterocycles. The van der Waals surface area contributed by atoms with Crippen molar-refractivity contribution in [3.8, 4) is 5.75 Å². The van der Waals surface area contributed by atoms with Gasteiger partial charge in [-0.2, -0.15) is 0 Å². The molecule has 4 rings (SSSR count). The Kier molecular flexibility index (Phi) is 8.03. The number of halogens is 1. The molecular formula is C28H33ClN2O5. The van der Waals surface area contributed by atoms with Crippen LogP contribution in [0.15, 0.2) is 48.5 Å². The zero-order valence-electron chi connectivity index (χ0n) is 20.9. The van der Waals surface area contributed by atoms with Gasteiger partial charge in [0.15, 0.2) is 0 Å². The summed E-state index contributed by atoms with van der Waals surface area (Å²) in [6.07, 6.45) is 3.27. The first-order valence-electron chi connectivity index (χ1n) is 12.2. The number of nitrogens with one attached hydrogen (secondary N) is 1. The fraction of sp³-hybridized carbons (Fsp3) is 0.429. The highest BCUT2D eigenvalue weighted by molar-refractivity contribution is 6.31. The van der Waals surface area contributed by atoms with Crippen LogP contribution in [0.2, 0.25) is 5.02 Å². The molecule has 0 saturated heterocycles. The van der Waals surface area contributed by atoms with Crippen molar-refractivity contribution in [1.29, 1.82) is 0 Å². The van der Waals surface area contributed by atoms with Crippen molar-refractivity contribution in [2.24, 2.45) is 5.92 Å². The van der Waals surface area contributed by atoms with Crippen LogP contribution >= 0.6 is 11.6 Å². The van der Waals surface area contributed by atoms with Gasteiger partial charge in [-0.3, -0.25) is 9.59 Å². The SMILES string of the molecule is COc1cccc(C2(O)CCC(OC(=O)CC3=CCC(=O)Nc4cc(Cl)ccc43)CC2CN(C)C)c1. The van der Waals surface area contributed by atoms with Crippen LogP contribution in [0.3, 0.4) is 0 Å². The van der Waals surface area contributed by atoms with Gasteiger partial charge in [0.1, 0.15) is 11.9 Å². The standard InChI is InChI=1S/C28H33ClN2O5/c1-31(2)17-20-15-23(11-12-28(20,34)19-5-4-6-22(14-19)35-3)36-27(33)13-18-7-10-26(32)30-25-16-21(29)8-9-24(18)25/h4-9,14,16,20,23,34H,10-13,15,17H2,1-3H3,(H,30,32). The highest BCUT2D eigenvalue weighted by Crippen LogP contribution is 2.44. The fourth-order valence-electron chi connectivity index (χ4n) is 5.24. The highest BCUT2D eigenvalue weighted by Gasteiger charge is 2.44. The second-order valence-electron chi connectivity index (χ2n) is 9.85. The van der Waals surface area contributed by atoms with Crippen LogP contribution in [-0.2, 0) is 19.9 Å². The van der Waals surface area contributed by atoms with E-state index in [2.05, 4.69) is 5.32 Å². The third-order valence-corrected chi connectivity index (χ3v) is 7.23. The maximum Gasteiger partial charge on any atom is 0.310 e. The van der Waals surface area contributed by atoms with Crippen LogP contribution in [0.1, 0.15) is 43.2 Å². The van der Waals surface area contributed by atoms with Crippen LogP contribution in [0.5, 0.6) is 5.75 Å². The number of amides is 1. The van der Waals surface area contributed by atoms with E-state index in [9.17, 15) is 14.7 Å². The molecule has 0 aromatic heterocycles. The van der Waals surface area contributed by atoms with Crippen molar-refractivity contribution >= 4 is 34.7 Å². The quantitative estimate of drug-likeness (QED) is 0.526. The van der Waals surface area contributed by atoms with E-state index in [1.807, 2.05) is 49.3 Å². The number of rotatable bonds is 7. The lowest BCUT2D eigenvalue weighted by atomic mass is 9.70. The second kappa shape index (κ2) is 11.0. The lowest BCUT2D eigenvalue weighted by Crippen LogP contribution is -2.47. The Morgan fingerprint density at radius 2 is 2.06 bits per heavy atom. The molecule has 36 heavy (non-hydrogen) atoms. The Labute approximate surface area is 217 Å². The van der Waals surface area contributed by atoms with Gasteiger partial charge in [-0.15, -0.1) is 0 Å². The Hall–Kier alpha value is -2.87. The Morgan fingerprint density at radius 3 is 2.81 bits per heavy atom. The molecule has 1 heterocycles. The number of anilines is 1. The minimum Gasteiger partial charge on any atom is -0.497 e. The first-order chi connectivity index (χ1) is 17.2. The van der Waals surface area contributed by atoms with Crippen molar-refractivity contribution in [3.05, 3.63) is 64.7 Å². The summed E-state index contributed by atoms with van der Waals surface area (Å²) in [7, 11) is 5.55. The first-order valence-corrected chi connectivity index (χ1v) is 12.6. The van der Waals surface area contributed by atoms with Crippen LogP contribution in [0.25, 0.3) is 5.57 Å². The van der Waals surface area contributed by atoms with Crippen LogP contribution in [0.4, 0.5) is 5.69 Å². The maximum absolute atomic E-state index is 13.0. The average molecular weight is 513 g/mol. The number of benzene rings is 2. The third kappa shape index (κ3) is 5.91. The number of fused-ring (bicyclic) bond motifs is 1. The van der Waals surface area contributed by atoms with Gasteiger partial charge >= 0.3 is 5.97 Å². The smallest absolute Gasteiger partial charge is 0.310 e. The van der Waals surface area contributed by atoms with Crippen molar-refractivity contribution in [1.82, 2.24) is 4.90 Å². The van der Waals surface area contributed by atoms with Crippen molar-refractivity contribution in [2.45, 2.75) is 43.8 Å². The number of methoxy groups -OCH3 is 1. The number of carbonyl (C=O) groups is 2. The van der Waals surface area contributed by atoms with Gasteiger partial charge in [0.2, 0.25) is 5.91 Å². The molecule has 1 amide bonds. The molecule has 3 atom stereocenters. The number of hydrogen-bond donors (Lipinski definition) is 2. The van der Waals surface area contributed by atoms with E-state index in [1.165, 1.54) is 0 Å². The molecule has 2 aromatic rings. The minimum absolute atomic E-state index is 0.0542. The van der Waals surface area contributed by atoms with E-state index in [-0.39, 0.29) is 36.7 Å². The molecule has 0 bridgehead atoms. The normalized spacial score (nSPS) is 23.8. The summed E-state index contributed by atoms with van der Waals surface area (Å²) in [6.45, 7) is 0.648. The van der Waals surface area contributed by atoms with Crippen molar-refractivity contribution in [3.63, 3.8) is 0 Å². The molecule has 1 aliphatic carbocycles. The van der Waals surface area contributed by atoms with E-state index in [4.69, 9.17) is 21.1 Å². The Balaban J connectivity index is 1.48. The zero-order valence-corrected chi connectivity index (χ0v) is 21.7. The molecule has 7 nitrogen and oxygen atoms in total. The van der Waals surface area contributed by atoms with Crippen molar-refractivity contribution < 1.29 is 24.2 Å². The number of carbonyl (C=O) groups excluding carboxylic acids is 2. The molecule has 0 radical (unpaired) electrons. The largest absolute Gasteiger partial charge is 0.497 e. The number of aliphatic hydroxyl groups is 1. The molecule has 2 aliphatic rings. The molecular weight excluding hydrogens is 480 g/mol. The minimum atomic E-state index is -1.05. The predicted molar refractivity (Wildman–Crippen MR) is 140 cm³/mol. The van der Waals surface area contributed by atoms with E-state index in [0.717, 1.165) is 16.7 Å². The Bertz CT molecular complexity index is 1160. The second-order valence-corrected chi connectivity index (χ2v) is 10.3. The predicted octanol–water partition coefficient (Wildman–Crippen LogP) is 4.63. The van der Waals surface area contributed by atoms with Gasteiger partial charge in [0, 0.05) is 35.2 Å². The number of nitrogens with zero attached hydrogens (tertiary/aromatic N) is 1. The lowest BCUT2D eigenvalue weighted by Gasteiger charge is -2.44. The van der Waals surface area contributed by atoms with Gasteiger partial charge < -0.3 is 24.8 Å². The molecule has 2 aromatic carbocycles. The molecule has 8 heteroatoms. The lowest BCUT2D eigenvalue weighted by molar-refractivity contribution is -0.157. The van der Waals surface area contributed by atoms with Gasteiger partial charge in [0.05, 0.1) is 19.1 Å². The van der Waals surface area contributed by atoms with E-state index in [0.29, 0.717) is 42.3 Å². The molecule has 2 N–H and O–H groups in total. The molecule has 3 unspecified atom stereocenters. The summed E-state index contributed by atoms with van der Waals surface area (Å²) in [6, 6.07) is 12.8. The topological polar surface area (TPSA) is 88.1 Å². The first kappa shape index (κ1) is 26.2. The van der Waals surface area contributed by atoms with E-state index >= 15 is 0 Å². The number of hydrogen-bond acceptors (Lipinski definition) is 6. The molecule has 1 saturated carbocycles. The summed E-state index contributed by atoms with van der Waals surface area (Å²) in [4.78, 5) is 27.2. The summed E-state index contributed by atoms with van der Waals surface area (Å²) in [5, 5.41) is 15.1. The number of esters is 1. The summed E-state index contributed by atoms with van der Waals surface area (Å²) in [5.74, 6) is 0.0617. The fourth-order valence-corrected chi connectivity index (χ4v) is 5.41. The van der Waals surface area contributed by atoms with Crippen LogP contribution < -0.4 is 10.1 Å². The van der Waals surface area contributed by atoms with Crippen molar-refractivity contribution in [2.75, 3.05) is 33.1 Å². The summed E-state index contributed by atoms with van der Waals surface area (Å²) >= 11 is 6.10. The Morgan fingerprint density at radius 1 is 1.25 bits per heavy atom. The van der Waals surface area contributed by atoms with Gasteiger partial charge in [-0.05, 0) is 68.8 Å². The van der Waals surface area contributed by atoms with Crippen LogP contribution in [0, 0.1) is 5.92 Å². The number of ether oxygens (including phenoxy) is 2. The molecule has 1 fully saturated rings. The van der Waals surface area contributed by atoms with Crippen LogP contribution in [-0.4, -0.2) is 55.7 Å². The zero-order chi connectivity index (χ0) is 25.9. The third-order valence-electron chi connectivity index (χ3n) is 6.99. The highest BCUT2D eigenvalue weighted by atomic mass is 35.5. The summed E-state index contributed by atoms with van der Waals surface area (Å²) in [5.41, 5.74) is 1.86. The monoisotopic (exact) mass is 512 g/mol. The molecule has 192 valence electrons. The van der Waals surface area contributed by atoms with E-state index in [1.54, 1.807) is 25.3 Å². The molecule has 0 spiro atoms. The van der Waals surface area contributed by atoms with Gasteiger partial charge in [-0.1, -0.05) is 35.9 Å². The maximum atomic E-state index is 13.0. The average Bonchev–Trinajstić information content (AvgIpc) is 2.98. The summed E-state index contributed by atoms with van der Waals surface area (Å²) < 4.78 is 11.3. The van der Waals surface area contributed by atoms with E-state index < -0.39 is 5.60 Å². The van der Waals surface area contributed by atoms with Gasteiger partial charge in [-0.25, -0.2) is 0 Å². The van der Waals surface area contributed by atoms with Gasteiger partial charge in [0.25, 0.3) is 0 Å².